The van der Waals surface area contributed by atoms with E-state index in [1.165, 1.54) is 16.8 Å². The maximum absolute atomic E-state index is 12.7. The maximum atomic E-state index is 12.7. The first kappa shape index (κ1) is 23.4. The van der Waals surface area contributed by atoms with Crippen LogP contribution in [0.5, 0.6) is 0 Å². The normalized spacial score (nSPS) is 19.1. The number of morpholine rings is 1. The van der Waals surface area contributed by atoms with E-state index < -0.39 is 10.0 Å². The van der Waals surface area contributed by atoms with Crippen molar-refractivity contribution in [2.75, 3.05) is 32.8 Å². The Hall–Kier alpha value is -2.75. The summed E-state index contributed by atoms with van der Waals surface area (Å²) < 4.78 is 32.1. The van der Waals surface area contributed by atoms with Crippen LogP contribution in [-0.2, 0) is 37.3 Å². The van der Waals surface area contributed by atoms with Crippen LogP contribution < -0.4 is 5.32 Å². The summed E-state index contributed by atoms with van der Waals surface area (Å²) in [6, 6.07) is 14.2. The minimum Gasteiger partial charge on any atom is -0.379 e. The van der Waals surface area contributed by atoms with Gasteiger partial charge in [0.1, 0.15) is 0 Å². The van der Waals surface area contributed by atoms with Crippen LogP contribution in [0.3, 0.4) is 0 Å². The molecule has 2 aliphatic heterocycles. The predicted molar refractivity (Wildman–Crippen MR) is 123 cm³/mol. The van der Waals surface area contributed by atoms with Crippen LogP contribution in [0, 0.1) is 0 Å². The van der Waals surface area contributed by atoms with Crippen molar-refractivity contribution < 1.29 is 22.7 Å². The molecule has 1 unspecified atom stereocenters. The SMILES string of the molecule is CC(=O)N1CCc2ccccc2C1CC(=O)NCc1ccc(S(=O)(=O)N2CCOCC2)cc1. The Bertz CT molecular complexity index is 1110. The van der Waals surface area contributed by atoms with E-state index in [9.17, 15) is 18.0 Å². The van der Waals surface area contributed by atoms with Crippen LogP contribution >= 0.6 is 0 Å². The summed E-state index contributed by atoms with van der Waals surface area (Å²) in [5, 5.41) is 2.90. The lowest BCUT2D eigenvalue weighted by atomic mass is 9.90. The molecule has 0 radical (unpaired) electrons. The topological polar surface area (TPSA) is 96.0 Å². The lowest BCUT2D eigenvalue weighted by Gasteiger charge is -2.36. The largest absolute Gasteiger partial charge is 0.379 e. The van der Waals surface area contributed by atoms with Gasteiger partial charge in [-0.1, -0.05) is 36.4 Å². The molecule has 2 aromatic carbocycles. The standard InChI is InChI=1S/C24H29N3O5S/c1-18(28)27-11-10-20-4-2-3-5-22(20)23(27)16-24(29)25-17-19-6-8-21(9-7-19)33(30,31)26-12-14-32-15-13-26/h2-9,23H,10-17H2,1H3,(H,25,29). The third kappa shape index (κ3) is 5.26. The van der Waals surface area contributed by atoms with E-state index in [4.69, 9.17) is 4.74 Å². The van der Waals surface area contributed by atoms with Gasteiger partial charge in [0, 0.05) is 33.1 Å². The number of sulfonamides is 1. The van der Waals surface area contributed by atoms with Gasteiger partial charge in [-0.25, -0.2) is 8.42 Å². The molecular formula is C24H29N3O5S. The molecule has 4 rings (SSSR count). The van der Waals surface area contributed by atoms with Crippen molar-refractivity contribution in [1.82, 2.24) is 14.5 Å². The van der Waals surface area contributed by atoms with E-state index >= 15 is 0 Å². The van der Waals surface area contributed by atoms with Crippen molar-refractivity contribution in [1.29, 1.82) is 0 Å². The first-order valence-electron chi connectivity index (χ1n) is 11.1. The molecule has 1 N–H and O–H groups in total. The number of fused-ring (bicyclic) bond motifs is 1. The van der Waals surface area contributed by atoms with Gasteiger partial charge >= 0.3 is 0 Å². The van der Waals surface area contributed by atoms with Crippen molar-refractivity contribution in [3.8, 4) is 0 Å². The Morgan fingerprint density at radius 3 is 2.42 bits per heavy atom. The zero-order valence-corrected chi connectivity index (χ0v) is 19.5. The summed E-state index contributed by atoms with van der Waals surface area (Å²) in [6.45, 7) is 3.91. The average molecular weight is 472 g/mol. The van der Waals surface area contributed by atoms with E-state index in [0.29, 0.717) is 32.8 Å². The summed E-state index contributed by atoms with van der Waals surface area (Å²) in [5.41, 5.74) is 2.99. The molecular weight excluding hydrogens is 442 g/mol. The average Bonchev–Trinajstić information content (AvgIpc) is 2.83. The first-order valence-corrected chi connectivity index (χ1v) is 12.6. The molecule has 0 bridgehead atoms. The zero-order chi connectivity index (χ0) is 23.4. The molecule has 2 heterocycles. The highest BCUT2D eigenvalue weighted by Crippen LogP contribution is 2.32. The smallest absolute Gasteiger partial charge is 0.243 e. The van der Waals surface area contributed by atoms with Gasteiger partial charge in [-0.3, -0.25) is 9.59 Å². The summed E-state index contributed by atoms with van der Waals surface area (Å²) in [5.74, 6) is -0.202. The molecule has 1 saturated heterocycles. The van der Waals surface area contributed by atoms with Crippen molar-refractivity contribution in [2.24, 2.45) is 0 Å². The van der Waals surface area contributed by atoms with Gasteiger partial charge in [-0.15, -0.1) is 0 Å². The molecule has 0 aliphatic carbocycles. The zero-order valence-electron chi connectivity index (χ0n) is 18.7. The fraction of sp³-hybridized carbons (Fsp3) is 0.417. The quantitative estimate of drug-likeness (QED) is 0.694. The van der Waals surface area contributed by atoms with Crippen molar-refractivity contribution in [2.45, 2.75) is 37.2 Å². The second-order valence-electron chi connectivity index (χ2n) is 8.32. The number of amides is 2. The third-order valence-electron chi connectivity index (χ3n) is 6.22. The van der Waals surface area contributed by atoms with Gasteiger partial charge < -0.3 is 15.0 Å². The maximum Gasteiger partial charge on any atom is 0.243 e. The van der Waals surface area contributed by atoms with Crippen LogP contribution in [0.25, 0.3) is 0 Å². The Kier molecular flexibility index (Phi) is 7.11. The number of ether oxygens (including phenoxy) is 1. The number of nitrogens with zero attached hydrogens (tertiary/aromatic N) is 2. The number of carbonyl (C=O) groups is 2. The van der Waals surface area contributed by atoms with Gasteiger partial charge in [0.05, 0.1) is 30.6 Å². The van der Waals surface area contributed by atoms with Crippen LogP contribution in [0.2, 0.25) is 0 Å². The van der Waals surface area contributed by atoms with E-state index in [2.05, 4.69) is 5.32 Å². The second kappa shape index (κ2) is 10.0. The van der Waals surface area contributed by atoms with Crippen LogP contribution in [0.15, 0.2) is 53.4 Å². The second-order valence-corrected chi connectivity index (χ2v) is 10.3. The molecule has 0 aromatic heterocycles. The number of nitrogens with one attached hydrogen (secondary N) is 1. The summed E-state index contributed by atoms with van der Waals surface area (Å²) in [7, 11) is -3.54. The molecule has 2 amide bonds. The third-order valence-corrected chi connectivity index (χ3v) is 8.13. The number of rotatable bonds is 6. The fourth-order valence-electron chi connectivity index (χ4n) is 4.41. The molecule has 9 heteroatoms. The van der Waals surface area contributed by atoms with E-state index in [1.807, 2.05) is 24.3 Å². The minimum absolute atomic E-state index is 0.0423. The summed E-state index contributed by atoms with van der Waals surface area (Å²) in [6.07, 6.45) is 0.966. The fourth-order valence-corrected chi connectivity index (χ4v) is 5.82. The lowest BCUT2D eigenvalue weighted by molar-refractivity contribution is -0.133. The van der Waals surface area contributed by atoms with Gasteiger partial charge in [0.15, 0.2) is 0 Å². The Morgan fingerprint density at radius 1 is 1.03 bits per heavy atom. The highest BCUT2D eigenvalue weighted by molar-refractivity contribution is 7.89. The van der Waals surface area contributed by atoms with E-state index in [1.54, 1.807) is 29.2 Å². The molecule has 1 atom stereocenters. The van der Waals surface area contributed by atoms with Crippen molar-refractivity contribution in [3.63, 3.8) is 0 Å². The van der Waals surface area contributed by atoms with Crippen LogP contribution in [-0.4, -0.2) is 62.3 Å². The van der Waals surface area contributed by atoms with Gasteiger partial charge in [0.25, 0.3) is 0 Å². The first-order chi connectivity index (χ1) is 15.9. The summed E-state index contributed by atoms with van der Waals surface area (Å²) >= 11 is 0. The molecule has 8 nitrogen and oxygen atoms in total. The van der Waals surface area contributed by atoms with Crippen LogP contribution in [0.1, 0.15) is 36.1 Å². The lowest BCUT2D eigenvalue weighted by Crippen LogP contribution is -2.41. The Morgan fingerprint density at radius 2 is 1.73 bits per heavy atom. The summed E-state index contributed by atoms with van der Waals surface area (Å²) in [4.78, 5) is 26.9. The van der Waals surface area contributed by atoms with Crippen LogP contribution in [0.4, 0.5) is 0 Å². The van der Waals surface area contributed by atoms with Crippen molar-refractivity contribution >= 4 is 21.8 Å². The molecule has 0 saturated carbocycles. The molecule has 33 heavy (non-hydrogen) atoms. The monoisotopic (exact) mass is 471 g/mol. The van der Waals surface area contributed by atoms with Gasteiger partial charge in [-0.05, 0) is 35.2 Å². The molecule has 2 aliphatic rings. The minimum atomic E-state index is -3.54. The highest BCUT2D eigenvalue weighted by atomic mass is 32.2. The number of carbonyl (C=O) groups excluding carboxylic acids is 2. The highest BCUT2D eigenvalue weighted by Gasteiger charge is 2.30. The van der Waals surface area contributed by atoms with E-state index in [0.717, 1.165) is 17.5 Å². The van der Waals surface area contributed by atoms with E-state index in [-0.39, 0.29) is 35.7 Å². The molecule has 2 aromatic rings. The Labute approximate surface area is 194 Å². The number of benzene rings is 2. The predicted octanol–water partition coefficient (Wildman–Crippen LogP) is 1.86. The van der Waals surface area contributed by atoms with Crippen molar-refractivity contribution in [3.05, 3.63) is 65.2 Å². The Balaban J connectivity index is 1.38. The number of hydrogen-bond donors (Lipinski definition) is 1. The molecule has 0 spiro atoms. The number of hydrogen-bond acceptors (Lipinski definition) is 5. The van der Waals surface area contributed by atoms with Gasteiger partial charge in [0.2, 0.25) is 21.8 Å². The van der Waals surface area contributed by atoms with Gasteiger partial charge in [-0.2, -0.15) is 4.31 Å². The molecule has 176 valence electrons. The molecule has 1 fully saturated rings.